The molecule has 72 valence electrons. The number of hydrogen-bond donors (Lipinski definition) is 0. The summed E-state index contributed by atoms with van der Waals surface area (Å²) < 4.78 is 0. The van der Waals surface area contributed by atoms with E-state index in [2.05, 4.69) is 39.6 Å². The molecule has 0 aromatic heterocycles. The van der Waals surface area contributed by atoms with Gasteiger partial charge < -0.3 is 0 Å². The number of unbranched alkanes of at least 4 members (excludes halogenated alkanes) is 2. The summed E-state index contributed by atoms with van der Waals surface area (Å²) in [7, 11) is 0. The molecule has 0 saturated carbocycles. The molecule has 0 radical (unpaired) electrons. The van der Waals surface area contributed by atoms with E-state index in [1.807, 2.05) is 0 Å². The summed E-state index contributed by atoms with van der Waals surface area (Å²) in [4.78, 5) is 4.60. The number of nitrogens with zero attached hydrogens (tertiary/aromatic N) is 1. The van der Waals surface area contributed by atoms with Crippen LogP contribution in [0.1, 0.15) is 60.3 Å². The minimum absolute atomic E-state index is 0.107. The Labute approximate surface area is 77.3 Å². The SMILES string of the molecule is CCCCCC(C)=NC(C)(C)C. The van der Waals surface area contributed by atoms with Crippen LogP contribution in [0, 0.1) is 0 Å². The van der Waals surface area contributed by atoms with Gasteiger partial charge in [0, 0.05) is 5.71 Å². The minimum atomic E-state index is 0.107. The highest BCUT2D eigenvalue weighted by molar-refractivity contribution is 5.82. The first-order chi connectivity index (χ1) is 5.45. The van der Waals surface area contributed by atoms with Gasteiger partial charge in [0.15, 0.2) is 0 Å². The largest absolute Gasteiger partial charge is 0.289 e. The standard InChI is InChI=1S/C11H23N/c1-6-7-8-9-10(2)12-11(3,4)5/h6-9H2,1-5H3. The van der Waals surface area contributed by atoms with Crippen LogP contribution in [0.4, 0.5) is 0 Å². The molecule has 0 amide bonds. The lowest BCUT2D eigenvalue weighted by Gasteiger charge is -2.13. The fourth-order valence-corrected chi connectivity index (χ4v) is 1.26. The van der Waals surface area contributed by atoms with Crippen molar-refractivity contribution in [1.29, 1.82) is 0 Å². The summed E-state index contributed by atoms with van der Waals surface area (Å²) in [6.45, 7) is 10.8. The van der Waals surface area contributed by atoms with E-state index in [0.717, 1.165) is 0 Å². The monoisotopic (exact) mass is 169 g/mol. The Morgan fingerprint density at radius 3 is 2.17 bits per heavy atom. The molecular weight excluding hydrogens is 146 g/mol. The maximum atomic E-state index is 4.60. The maximum absolute atomic E-state index is 4.60. The zero-order valence-corrected chi connectivity index (χ0v) is 9.28. The highest BCUT2D eigenvalue weighted by Gasteiger charge is 2.06. The minimum Gasteiger partial charge on any atom is -0.289 e. The lowest BCUT2D eigenvalue weighted by Crippen LogP contribution is -2.12. The Morgan fingerprint density at radius 1 is 1.17 bits per heavy atom. The Balaban J connectivity index is 3.71. The first kappa shape index (κ1) is 11.7. The molecule has 0 fully saturated rings. The van der Waals surface area contributed by atoms with E-state index in [4.69, 9.17) is 0 Å². The van der Waals surface area contributed by atoms with Gasteiger partial charge in [-0.3, -0.25) is 4.99 Å². The van der Waals surface area contributed by atoms with Gasteiger partial charge >= 0.3 is 0 Å². The molecule has 0 heterocycles. The molecule has 0 aliphatic carbocycles. The Bertz CT molecular complexity index is 140. The molecule has 0 spiro atoms. The first-order valence-corrected chi connectivity index (χ1v) is 5.01. The summed E-state index contributed by atoms with van der Waals surface area (Å²) in [5.74, 6) is 0. The third kappa shape index (κ3) is 7.77. The second kappa shape index (κ2) is 5.34. The van der Waals surface area contributed by atoms with Crippen molar-refractivity contribution in [2.24, 2.45) is 4.99 Å². The van der Waals surface area contributed by atoms with Crippen LogP contribution in [0.15, 0.2) is 4.99 Å². The molecule has 0 saturated heterocycles. The van der Waals surface area contributed by atoms with Crippen molar-refractivity contribution in [2.75, 3.05) is 0 Å². The molecule has 0 N–H and O–H groups in total. The van der Waals surface area contributed by atoms with E-state index < -0.39 is 0 Å². The highest BCUT2D eigenvalue weighted by Crippen LogP contribution is 2.09. The van der Waals surface area contributed by atoms with E-state index in [-0.39, 0.29) is 5.54 Å². The molecule has 0 atom stereocenters. The Hall–Kier alpha value is -0.330. The third-order valence-corrected chi connectivity index (χ3v) is 1.67. The summed E-state index contributed by atoms with van der Waals surface area (Å²) >= 11 is 0. The van der Waals surface area contributed by atoms with Gasteiger partial charge in [-0.1, -0.05) is 19.8 Å². The molecular formula is C11H23N. The highest BCUT2D eigenvalue weighted by atomic mass is 14.8. The van der Waals surface area contributed by atoms with Gasteiger partial charge in [-0.2, -0.15) is 0 Å². The fraction of sp³-hybridized carbons (Fsp3) is 0.909. The van der Waals surface area contributed by atoms with E-state index in [1.54, 1.807) is 0 Å². The van der Waals surface area contributed by atoms with Crippen molar-refractivity contribution < 1.29 is 0 Å². The molecule has 0 unspecified atom stereocenters. The van der Waals surface area contributed by atoms with Gasteiger partial charge in [0.25, 0.3) is 0 Å². The second-order valence-corrected chi connectivity index (χ2v) is 4.48. The van der Waals surface area contributed by atoms with Crippen LogP contribution in [-0.2, 0) is 0 Å². The van der Waals surface area contributed by atoms with Crippen LogP contribution in [-0.4, -0.2) is 11.3 Å². The van der Waals surface area contributed by atoms with Crippen molar-refractivity contribution >= 4 is 5.71 Å². The molecule has 0 bridgehead atoms. The molecule has 12 heavy (non-hydrogen) atoms. The topological polar surface area (TPSA) is 12.4 Å². The number of aliphatic imine (C=N–C) groups is 1. The van der Waals surface area contributed by atoms with Crippen molar-refractivity contribution in [1.82, 2.24) is 0 Å². The zero-order valence-electron chi connectivity index (χ0n) is 9.28. The predicted octanol–water partition coefficient (Wildman–Crippen LogP) is 3.83. The van der Waals surface area contributed by atoms with Gasteiger partial charge in [0.2, 0.25) is 0 Å². The van der Waals surface area contributed by atoms with Gasteiger partial charge in [0.1, 0.15) is 0 Å². The molecule has 0 aromatic carbocycles. The van der Waals surface area contributed by atoms with E-state index >= 15 is 0 Å². The summed E-state index contributed by atoms with van der Waals surface area (Å²) in [6.07, 6.45) is 5.09. The fourth-order valence-electron chi connectivity index (χ4n) is 1.26. The van der Waals surface area contributed by atoms with Crippen LogP contribution in [0.5, 0.6) is 0 Å². The van der Waals surface area contributed by atoms with Gasteiger partial charge in [-0.25, -0.2) is 0 Å². The van der Waals surface area contributed by atoms with Crippen molar-refractivity contribution in [2.45, 2.75) is 65.8 Å². The van der Waals surface area contributed by atoms with Crippen LogP contribution in [0.3, 0.4) is 0 Å². The van der Waals surface area contributed by atoms with Gasteiger partial charge in [-0.15, -0.1) is 0 Å². The van der Waals surface area contributed by atoms with Crippen molar-refractivity contribution in [3.8, 4) is 0 Å². The molecule has 0 rings (SSSR count). The van der Waals surface area contributed by atoms with Crippen LogP contribution in [0.25, 0.3) is 0 Å². The molecule has 0 aromatic rings. The van der Waals surface area contributed by atoms with Gasteiger partial charge in [-0.05, 0) is 40.5 Å². The van der Waals surface area contributed by atoms with Crippen molar-refractivity contribution in [3.05, 3.63) is 0 Å². The zero-order chi connectivity index (χ0) is 9.61. The summed E-state index contributed by atoms with van der Waals surface area (Å²) in [5.41, 5.74) is 1.41. The Kier molecular flexibility index (Phi) is 5.19. The normalized spacial score (nSPS) is 13.6. The van der Waals surface area contributed by atoms with Gasteiger partial charge in [0.05, 0.1) is 5.54 Å². The maximum Gasteiger partial charge on any atom is 0.0523 e. The average Bonchev–Trinajstić information content (AvgIpc) is 1.84. The predicted molar refractivity (Wildman–Crippen MR) is 57.0 cm³/mol. The van der Waals surface area contributed by atoms with Crippen LogP contribution >= 0.6 is 0 Å². The summed E-state index contributed by atoms with van der Waals surface area (Å²) in [6, 6.07) is 0. The lowest BCUT2D eigenvalue weighted by atomic mass is 10.1. The Morgan fingerprint density at radius 2 is 1.75 bits per heavy atom. The first-order valence-electron chi connectivity index (χ1n) is 5.01. The molecule has 0 aliphatic rings. The van der Waals surface area contributed by atoms with Crippen LogP contribution in [0.2, 0.25) is 0 Å². The lowest BCUT2D eigenvalue weighted by molar-refractivity contribution is 0.579. The van der Waals surface area contributed by atoms with Crippen LogP contribution < -0.4 is 0 Å². The van der Waals surface area contributed by atoms with Crippen molar-refractivity contribution in [3.63, 3.8) is 0 Å². The molecule has 0 aliphatic heterocycles. The number of hydrogen-bond acceptors (Lipinski definition) is 1. The number of rotatable bonds is 4. The quantitative estimate of drug-likeness (QED) is 0.448. The smallest absolute Gasteiger partial charge is 0.0523 e. The van der Waals surface area contributed by atoms with E-state index in [0.29, 0.717) is 0 Å². The van der Waals surface area contributed by atoms with E-state index in [9.17, 15) is 0 Å². The second-order valence-electron chi connectivity index (χ2n) is 4.48. The summed E-state index contributed by atoms with van der Waals surface area (Å²) in [5, 5.41) is 0. The molecule has 1 nitrogen and oxygen atoms in total. The average molecular weight is 169 g/mol. The molecule has 1 heteroatoms. The van der Waals surface area contributed by atoms with E-state index in [1.165, 1.54) is 31.4 Å². The third-order valence-electron chi connectivity index (χ3n) is 1.67.